The molecular formula is C11H16N2O2S. The van der Waals surface area contributed by atoms with Crippen LogP contribution in [0.5, 0.6) is 0 Å². The number of fused-ring (bicyclic) bond motifs is 1. The zero-order chi connectivity index (χ0) is 11.5. The summed E-state index contributed by atoms with van der Waals surface area (Å²) >= 11 is 1.86. The van der Waals surface area contributed by atoms with Crippen LogP contribution in [0.4, 0.5) is 0 Å². The summed E-state index contributed by atoms with van der Waals surface area (Å²) in [7, 11) is 0. The maximum Gasteiger partial charge on any atom is 0.323 e. The predicted octanol–water partition coefficient (Wildman–Crippen LogP) is 2.14. The van der Waals surface area contributed by atoms with Crippen molar-refractivity contribution in [3.63, 3.8) is 0 Å². The summed E-state index contributed by atoms with van der Waals surface area (Å²) in [6.07, 6.45) is 3.72. The third-order valence-electron chi connectivity index (χ3n) is 2.83. The van der Waals surface area contributed by atoms with E-state index >= 15 is 0 Å². The average molecular weight is 240 g/mol. The Bertz CT molecular complexity index is 435. The zero-order valence-electron chi connectivity index (χ0n) is 9.34. The molecule has 1 aromatic heterocycles. The van der Waals surface area contributed by atoms with Crippen LogP contribution in [0.25, 0.3) is 0 Å². The lowest BCUT2D eigenvalue weighted by atomic mass is 10.1. The van der Waals surface area contributed by atoms with Crippen molar-refractivity contribution in [3.8, 4) is 0 Å². The number of aromatic nitrogens is 2. The maximum absolute atomic E-state index is 11.1. The molecule has 2 rings (SSSR count). The average Bonchev–Trinajstić information content (AvgIpc) is 2.72. The first kappa shape index (κ1) is 11.5. The first-order chi connectivity index (χ1) is 7.66. The molecule has 2 heterocycles. The van der Waals surface area contributed by atoms with Crippen LogP contribution in [0.15, 0.2) is 4.79 Å². The van der Waals surface area contributed by atoms with Gasteiger partial charge in [-0.15, -0.1) is 11.8 Å². The fraction of sp³-hybridized carbons (Fsp3) is 0.636. The van der Waals surface area contributed by atoms with E-state index in [4.69, 9.17) is 0 Å². The smallest absolute Gasteiger partial charge is 0.309 e. The third-order valence-corrected chi connectivity index (χ3v) is 4.16. The Morgan fingerprint density at radius 2 is 2.25 bits per heavy atom. The molecule has 0 saturated carbocycles. The van der Waals surface area contributed by atoms with Crippen molar-refractivity contribution < 1.29 is 4.79 Å². The number of carbonyl (C=O) groups is 1. The number of hydrogen-bond donors (Lipinski definition) is 2. The second-order valence-corrected chi connectivity index (χ2v) is 5.41. The van der Waals surface area contributed by atoms with Gasteiger partial charge in [0.1, 0.15) is 5.78 Å². The highest BCUT2D eigenvalue weighted by Crippen LogP contribution is 2.42. The van der Waals surface area contributed by atoms with E-state index in [1.54, 1.807) is 6.92 Å². The van der Waals surface area contributed by atoms with Gasteiger partial charge in [-0.1, -0.05) is 6.42 Å². The molecule has 0 aromatic carbocycles. The topological polar surface area (TPSA) is 65.7 Å². The van der Waals surface area contributed by atoms with Crippen molar-refractivity contribution >= 4 is 17.5 Å². The number of aromatic amines is 2. The third kappa shape index (κ3) is 2.58. The molecule has 1 aromatic rings. The van der Waals surface area contributed by atoms with Gasteiger partial charge in [0.05, 0.1) is 5.69 Å². The van der Waals surface area contributed by atoms with E-state index in [-0.39, 0.29) is 11.5 Å². The first-order valence-corrected chi connectivity index (χ1v) is 6.64. The van der Waals surface area contributed by atoms with E-state index in [2.05, 4.69) is 9.97 Å². The van der Waals surface area contributed by atoms with E-state index in [1.807, 2.05) is 11.8 Å². The normalized spacial score (nSPS) is 18.7. The highest BCUT2D eigenvalue weighted by Gasteiger charge is 2.25. The van der Waals surface area contributed by atoms with Crippen molar-refractivity contribution in [1.82, 2.24) is 9.97 Å². The SMILES string of the molecule is CC(=O)CCCCC1SCc2[nH]c(=O)[nH]c21. The number of imidazole rings is 1. The molecule has 88 valence electrons. The fourth-order valence-electron chi connectivity index (χ4n) is 2.02. The standard InChI is InChI=1S/C11H16N2O2S/c1-7(14)4-2-3-5-9-10-8(6-16-9)12-11(15)13-10/h9H,2-6H2,1H3,(H2,12,13,15). The number of H-pyrrole nitrogens is 2. The molecule has 0 amide bonds. The summed E-state index contributed by atoms with van der Waals surface area (Å²) < 4.78 is 0. The lowest BCUT2D eigenvalue weighted by Gasteiger charge is -2.07. The monoisotopic (exact) mass is 240 g/mol. The van der Waals surface area contributed by atoms with Gasteiger partial charge in [-0.05, 0) is 19.8 Å². The highest BCUT2D eigenvalue weighted by molar-refractivity contribution is 7.99. The molecule has 0 spiro atoms. The molecule has 0 bridgehead atoms. The van der Waals surface area contributed by atoms with Crippen LogP contribution < -0.4 is 5.69 Å². The van der Waals surface area contributed by atoms with Crippen molar-refractivity contribution in [1.29, 1.82) is 0 Å². The van der Waals surface area contributed by atoms with E-state index in [9.17, 15) is 9.59 Å². The molecule has 4 nitrogen and oxygen atoms in total. The van der Waals surface area contributed by atoms with Gasteiger partial charge in [0.25, 0.3) is 0 Å². The van der Waals surface area contributed by atoms with E-state index in [0.29, 0.717) is 11.7 Å². The van der Waals surface area contributed by atoms with Crippen LogP contribution in [0.1, 0.15) is 49.2 Å². The van der Waals surface area contributed by atoms with Crippen LogP contribution in [0, 0.1) is 0 Å². The largest absolute Gasteiger partial charge is 0.323 e. The lowest BCUT2D eigenvalue weighted by molar-refractivity contribution is -0.117. The van der Waals surface area contributed by atoms with Crippen molar-refractivity contribution in [2.75, 3.05) is 0 Å². The summed E-state index contributed by atoms with van der Waals surface area (Å²) in [5.74, 6) is 1.15. The van der Waals surface area contributed by atoms with Crippen LogP contribution in [-0.2, 0) is 10.5 Å². The van der Waals surface area contributed by atoms with Gasteiger partial charge < -0.3 is 14.8 Å². The predicted molar refractivity (Wildman–Crippen MR) is 64.6 cm³/mol. The fourth-order valence-corrected chi connectivity index (χ4v) is 3.32. The second-order valence-electron chi connectivity index (χ2n) is 4.22. The number of Topliss-reactive ketones (excluding diaryl/α,β-unsaturated/α-hetero) is 1. The molecule has 0 fully saturated rings. The van der Waals surface area contributed by atoms with Crippen molar-refractivity contribution in [3.05, 3.63) is 21.9 Å². The molecular weight excluding hydrogens is 224 g/mol. The summed E-state index contributed by atoms with van der Waals surface area (Å²) in [6.45, 7) is 1.63. The summed E-state index contributed by atoms with van der Waals surface area (Å²) in [6, 6.07) is 0. The van der Waals surface area contributed by atoms with Gasteiger partial charge >= 0.3 is 5.69 Å². The van der Waals surface area contributed by atoms with E-state index in [0.717, 1.165) is 36.4 Å². The lowest BCUT2D eigenvalue weighted by Crippen LogP contribution is -2.03. The van der Waals surface area contributed by atoms with Gasteiger partial charge in [-0.25, -0.2) is 4.79 Å². The van der Waals surface area contributed by atoms with Crippen LogP contribution in [0.2, 0.25) is 0 Å². The van der Waals surface area contributed by atoms with Gasteiger partial charge in [-0.3, -0.25) is 0 Å². The Hall–Kier alpha value is -0.970. The number of unbranched alkanes of at least 4 members (excludes halogenated alkanes) is 1. The molecule has 0 saturated heterocycles. The number of ketones is 1. The van der Waals surface area contributed by atoms with Crippen LogP contribution in [0.3, 0.4) is 0 Å². The molecule has 1 atom stereocenters. The molecule has 1 aliphatic heterocycles. The quantitative estimate of drug-likeness (QED) is 0.775. The molecule has 0 radical (unpaired) electrons. The van der Waals surface area contributed by atoms with Crippen molar-refractivity contribution in [2.45, 2.75) is 43.6 Å². The van der Waals surface area contributed by atoms with Crippen LogP contribution in [-0.4, -0.2) is 15.8 Å². The summed E-state index contributed by atoms with van der Waals surface area (Å²) in [5.41, 5.74) is 2.02. The molecule has 0 aliphatic carbocycles. The summed E-state index contributed by atoms with van der Waals surface area (Å²) in [5, 5.41) is 0.404. The molecule has 1 unspecified atom stereocenters. The number of nitrogens with one attached hydrogen (secondary N) is 2. The first-order valence-electron chi connectivity index (χ1n) is 5.59. The Labute approximate surface area is 98.2 Å². The molecule has 1 aliphatic rings. The van der Waals surface area contributed by atoms with E-state index in [1.165, 1.54) is 0 Å². The minimum atomic E-state index is -0.0981. The molecule has 16 heavy (non-hydrogen) atoms. The van der Waals surface area contributed by atoms with Gasteiger partial charge in [0, 0.05) is 23.1 Å². The maximum atomic E-state index is 11.1. The number of hydrogen-bond acceptors (Lipinski definition) is 3. The highest BCUT2D eigenvalue weighted by atomic mass is 32.2. The zero-order valence-corrected chi connectivity index (χ0v) is 10.2. The Balaban J connectivity index is 1.84. The Morgan fingerprint density at radius 1 is 1.44 bits per heavy atom. The van der Waals surface area contributed by atoms with Crippen molar-refractivity contribution in [2.24, 2.45) is 0 Å². The number of carbonyl (C=O) groups excluding carboxylic acids is 1. The van der Waals surface area contributed by atoms with E-state index < -0.39 is 0 Å². The van der Waals surface area contributed by atoms with Gasteiger partial charge in [0.2, 0.25) is 0 Å². The Kier molecular flexibility index (Phi) is 3.53. The van der Waals surface area contributed by atoms with Gasteiger partial charge in [0.15, 0.2) is 0 Å². The molecule has 5 heteroatoms. The minimum Gasteiger partial charge on any atom is -0.309 e. The summed E-state index contributed by atoms with van der Waals surface area (Å²) in [4.78, 5) is 27.6. The van der Waals surface area contributed by atoms with Gasteiger partial charge in [-0.2, -0.15) is 0 Å². The minimum absolute atomic E-state index is 0.0981. The van der Waals surface area contributed by atoms with Crippen LogP contribution >= 0.6 is 11.8 Å². The molecule has 2 N–H and O–H groups in total. The number of thioether (sulfide) groups is 1. The number of rotatable bonds is 5. The second kappa shape index (κ2) is 4.91. The Morgan fingerprint density at radius 3 is 3.00 bits per heavy atom.